The summed E-state index contributed by atoms with van der Waals surface area (Å²) < 4.78 is 87.2. The SMILES string of the molecule is CCc1c(N2CCN(C(=O)c3ncnc(N4CC(O)(C(F)(F)F)C4)c3O)CC2)c(=O)n2nc(C3=CCOCC3)nc2n1CC(=O)Nc1ccc(C(F)(F)F)cc1Cl. The van der Waals surface area contributed by atoms with Gasteiger partial charge in [-0.05, 0) is 36.6 Å². The van der Waals surface area contributed by atoms with E-state index in [2.05, 4.69) is 25.4 Å². The van der Waals surface area contributed by atoms with Crippen molar-refractivity contribution in [2.75, 3.05) is 67.6 Å². The highest BCUT2D eigenvalue weighted by atomic mass is 35.5. The smallest absolute Gasteiger partial charge is 0.420 e. The van der Waals surface area contributed by atoms with Crippen LogP contribution in [0, 0.1) is 0 Å². The Morgan fingerprint density at radius 3 is 2.39 bits per heavy atom. The molecule has 1 aromatic carbocycles. The van der Waals surface area contributed by atoms with Gasteiger partial charge < -0.3 is 39.5 Å². The lowest BCUT2D eigenvalue weighted by Crippen LogP contribution is -2.69. The van der Waals surface area contributed by atoms with E-state index in [-0.39, 0.29) is 66.4 Å². The second-order valence-electron chi connectivity index (χ2n) is 13.5. The summed E-state index contributed by atoms with van der Waals surface area (Å²) in [6, 6.07) is 2.50. The molecule has 3 aliphatic heterocycles. The fourth-order valence-corrected chi connectivity index (χ4v) is 7.10. The second-order valence-corrected chi connectivity index (χ2v) is 13.9. The third kappa shape index (κ3) is 7.43. The van der Waals surface area contributed by atoms with E-state index < -0.39 is 72.0 Å². The third-order valence-electron chi connectivity index (χ3n) is 9.90. The Kier molecular flexibility index (Phi) is 10.3. The standard InChI is InChI=1S/C34H33ClF6N10O6/c1-2-22-25(47-7-9-48(10-8-47)29(54)24-26(53)28(43-17-42-24)49-15-32(56,16-49)34(39,40)41)30(55)51-31(45-27(46-51)18-5-11-57-12-6-18)50(22)14-23(52)44-21-4-3-19(13-20(21)35)33(36,37)38/h3-5,13,17,53,56H,2,6-12,14-16H2,1H3,(H,44,52). The lowest BCUT2D eigenvalue weighted by molar-refractivity contribution is -0.267. The molecular formula is C34H33ClF6N10O6. The van der Waals surface area contributed by atoms with Gasteiger partial charge in [0, 0.05) is 26.2 Å². The van der Waals surface area contributed by atoms with Crippen molar-refractivity contribution in [3.8, 4) is 5.75 Å². The molecular weight excluding hydrogens is 794 g/mol. The summed E-state index contributed by atoms with van der Waals surface area (Å²) in [6.07, 6.45) is -6.22. The number of hydrogen-bond donors (Lipinski definition) is 3. The number of carbonyl (C=O) groups is 2. The fraction of sp³-hybridized carbons (Fsp3) is 0.441. The third-order valence-corrected chi connectivity index (χ3v) is 10.2. The first-order valence-corrected chi connectivity index (χ1v) is 17.9. The molecule has 2 fully saturated rings. The molecule has 23 heteroatoms. The van der Waals surface area contributed by atoms with Gasteiger partial charge in [-0.1, -0.05) is 24.6 Å². The molecule has 7 rings (SSSR count). The number of alkyl halides is 6. The average Bonchev–Trinajstić information content (AvgIpc) is 3.61. The van der Waals surface area contributed by atoms with E-state index in [9.17, 15) is 50.9 Å². The van der Waals surface area contributed by atoms with Gasteiger partial charge in [0.2, 0.25) is 11.7 Å². The number of nitrogens with zero attached hydrogens (tertiary/aromatic N) is 9. The Morgan fingerprint density at radius 1 is 1.05 bits per heavy atom. The van der Waals surface area contributed by atoms with E-state index in [1.807, 2.05) is 0 Å². The number of aliphatic hydroxyl groups is 1. The topological polar surface area (TPSA) is 184 Å². The molecule has 0 spiro atoms. The molecule has 57 heavy (non-hydrogen) atoms. The van der Waals surface area contributed by atoms with Crippen molar-refractivity contribution < 1.29 is 50.9 Å². The van der Waals surface area contributed by atoms with Gasteiger partial charge in [-0.3, -0.25) is 14.4 Å². The number of benzene rings is 1. The van der Waals surface area contributed by atoms with Crippen molar-refractivity contribution in [3.05, 3.63) is 68.8 Å². The molecule has 0 radical (unpaired) electrons. The van der Waals surface area contributed by atoms with Gasteiger partial charge in [0.25, 0.3) is 11.5 Å². The maximum Gasteiger partial charge on any atom is 0.420 e. The van der Waals surface area contributed by atoms with Crippen molar-refractivity contribution in [1.29, 1.82) is 0 Å². The van der Waals surface area contributed by atoms with Crippen LogP contribution >= 0.6 is 11.6 Å². The van der Waals surface area contributed by atoms with Gasteiger partial charge in [-0.25, -0.2) is 9.97 Å². The number of aromatic hydroxyl groups is 1. The fourth-order valence-electron chi connectivity index (χ4n) is 6.88. The van der Waals surface area contributed by atoms with Gasteiger partial charge in [-0.2, -0.15) is 35.8 Å². The number of halogens is 7. The maximum absolute atomic E-state index is 14.2. The second kappa shape index (κ2) is 14.8. The van der Waals surface area contributed by atoms with Crippen LogP contribution in [0.4, 0.5) is 43.5 Å². The van der Waals surface area contributed by atoms with E-state index in [1.165, 1.54) is 9.47 Å². The number of carbonyl (C=O) groups excluding carboxylic acids is 2. The van der Waals surface area contributed by atoms with E-state index >= 15 is 0 Å². The highest BCUT2D eigenvalue weighted by Crippen LogP contribution is 2.42. The number of amides is 2. The highest BCUT2D eigenvalue weighted by molar-refractivity contribution is 6.33. The number of hydrogen-bond acceptors (Lipinski definition) is 12. The zero-order valence-corrected chi connectivity index (χ0v) is 30.6. The number of rotatable bonds is 8. The van der Waals surface area contributed by atoms with Crippen LogP contribution in [0.3, 0.4) is 0 Å². The predicted octanol–water partition coefficient (Wildman–Crippen LogP) is 3.14. The highest BCUT2D eigenvalue weighted by Gasteiger charge is 2.61. The van der Waals surface area contributed by atoms with Crippen LogP contribution in [0.15, 0.2) is 35.4 Å². The predicted molar refractivity (Wildman–Crippen MR) is 190 cm³/mol. The molecule has 3 N–H and O–H groups in total. The van der Waals surface area contributed by atoms with Crippen LogP contribution in [0.5, 0.6) is 5.75 Å². The molecule has 16 nitrogen and oxygen atoms in total. The molecule has 0 saturated carbocycles. The molecule has 3 aliphatic rings. The van der Waals surface area contributed by atoms with Crippen LogP contribution in [-0.4, -0.2) is 120 Å². The molecule has 2 saturated heterocycles. The van der Waals surface area contributed by atoms with E-state index in [0.29, 0.717) is 37.0 Å². The quantitative estimate of drug-likeness (QED) is 0.221. The summed E-state index contributed by atoms with van der Waals surface area (Å²) >= 11 is 6.10. The minimum Gasteiger partial charge on any atom is -0.503 e. The Morgan fingerprint density at radius 2 is 1.77 bits per heavy atom. The summed E-state index contributed by atoms with van der Waals surface area (Å²) in [4.78, 5) is 57.6. The molecule has 0 atom stereocenters. The van der Waals surface area contributed by atoms with Gasteiger partial charge in [0.15, 0.2) is 28.7 Å². The normalized spacial score (nSPS) is 17.4. The minimum absolute atomic E-state index is 0.00181. The van der Waals surface area contributed by atoms with E-state index in [1.54, 1.807) is 17.9 Å². The molecule has 0 bridgehead atoms. The molecule has 4 aromatic rings. The summed E-state index contributed by atoms with van der Waals surface area (Å²) in [7, 11) is 0. The van der Waals surface area contributed by atoms with Crippen molar-refractivity contribution in [2.24, 2.45) is 0 Å². The first-order valence-electron chi connectivity index (χ1n) is 17.5. The lowest BCUT2D eigenvalue weighted by Gasteiger charge is -2.47. The van der Waals surface area contributed by atoms with Gasteiger partial charge in [0.05, 0.1) is 48.3 Å². The summed E-state index contributed by atoms with van der Waals surface area (Å²) in [5.41, 5.74) is -3.88. The molecule has 6 heterocycles. The molecule has 304 valence electrons. The largest absolute Gasteiger partial charge is 0.503 e. The zero-order valence-electron chi connectivity index (χ0n) is 29.9. The zero-order chi connectivity index (χ0) is 41.0. The van der Waals surface area contributed by atoms with Crippen LogP contribution in [0.2, 0.25) is 5.02 Å². The van der Waals surface area contributed by atoms with Crippen molar-refractivity contribution >= 4 is 52.0 Å². The Hall–Kier alpha value is -5.48. The number of aromatic nitrogens is 6. The number of fused-ring (bicyclic) bond motifs is 1. The van der Waals surface area contributed by atoms with Crippen LogP contribution in [0.1, 0.15) is 40.9 Å². The van der Waals surface area contributed by atoms with Crippen molar-refractivity contribution in [2.45, 2.75) is 44.3 Å². The molecule has 0 unspecified atom stereocenters. The van der Waals surface area contributed by atoms with E-state index in [4.69, 9.17) is 16.3 Å². The van der Waals surface area contributed by atoms with Gasteiger partial charge in [-0.15, -0.1) is 5.10 Å². The monoisotopic (exact) mass is 826 g/mol. The van der Waals surface area contributed by atoms with Crippen LogP contribution in [-0.2, 0) is 28.7 Å². The van der Waals surface area contributed by atoms with Crippen LogP contribution < -0.4 is 20.7 Å². The molecule has 3 aromatic heterocycles. The lowest BCUT2D eigenvalue weighted by atomic mass is 9.93. The number of piperazine rings is 1. The summed E-state index contributed by atoms with van der Waals surface area (Å²) in [5.74, 6) is -2.30. The van der Waals surface area contributed by atoms with Crippen molar-refractivity contribution in [3.63, 3.8) is 0 Å². The average molecular weight is 827 g/mol. The minimum atomic E-state index is -4.91. The Bertz CT molecular complexity index is 2330. The summed E-state index contributed by atoms with van der Waals surface area (Å²) in [6.45, 7) is 0.312. The number of nitrogens with one attached hydrogen (secondary N) is 1. The van der Waals surface area contributed by atoms with E-state index in [0.717, 1.165) is 27.9 Å². The van der Waals surface area contributed by atoms with Crippen molar-refractivity contribution in [1.82, 2.24) is 34.0 Å². The first kappa shape index (κ1) is 39.7. The van der Waals surface area contributed by atoms with Crippen LogP contribution in [0.25, 0.3) is 11.4 Å². The maximum atomic E-state index is 14.2. The van der Waals surface area contributed by atoms with Gasteiger partial charge >= 0.3 is 12.4 Å². The Balaban J connectivity index is 1.16. The van der Waals surface area contributed by atoms with Gasteiger partial charge in [0.1, 0.15) is 18.6 Å². The number of β-amino-alcohol motifs (C(OH)–C–C–N with tert-alkyl or cyclic N) is 1. The summed E-state index contributed by atoms with van der Waals surface area (Å²) in [5, 5.41) is 27.4. The Labute approximate surface area is 322 Å². The number of anilines is 3. The molecule has 2 amide bonds. The first-order chi connectivity index (χ1) is 26.9. The molecule has 0 aliphatic carbocycles. The number of ether oxygens (including phenoxy) is 1.